The van der Waals surface area contributed by atoms with Crippen LogP contribution in [0.4, 0.5) is 13.2 Å². The number of halogens is 3. The third kappa shape index (κ3) is 4.20. The summed E-state index contributed by atoms with van der Waals surface area (Å²) in [6.45, 7) is 6.60. The average Bonchev–Trinajstić information content (AvgIpc) is 2.77. The molecule has 1 aliphatic heterocycles. The number of hydrogen-bond donors (Lipinski definition) is 1. The van der Waals surface area contributed by atoms with Crippen LogP contribution in [0.15, 0.2) is 0 Å². The van der Waals surface area contributed by atoms with Crippen molar-refractivity contribution in [3.8, 4) is 0 Å². The van der Waals surface area contributed by atoms with Crippen LogP contribution in [0.1, 0.15) is 37.5 Å². The van der Waals surface area contributed by atoms with Crippen LogP contribution in [0.5, 0.6) is 0 Å². The van der Waals surface area contributed by atoms with E-state index < -0.39 is 12.0 Å². The average molecular weight is 305 g/mol. The molecule has 1 aliphatic rings. The molecular formula is C14H22F3N3O. The molecule has 2 rings (SSSR count). The molecule has 1 aromatic rings. The van der Waals surface area contributed by atoms with Gasteiger partial charge in [0.1, 0.15) is 0 Å². The van der Waals surface area contributed by atoms with Crippen LogP contribution in [-0.2, 0) is 30.4 Å². The van der Waals surface area contributed by atoms with Gasteiger partial charge in [0.2, 0.25) is 5.82 Å². The maximum atomic E-state index is 13.1. The van der Waals surface area contributed by atoms with Gasteiger partial charge in [0.25, 0.3) is 0 Å². The second-order valence-electron chi connectivity index (χ2n) is 5.73. The molecule has 0 amide bonds. The highest BCUT2D eigenvalue weighted by Crippen LogP contribution is 2.31. The molecule has 0 atom stereocenters. The first-order valence-corrected chi connectivity index (χ1v) is 7.33. The van der Waals surface area contributed by atoms with E-state index in [0.29, 0.717) is 63.0 Å². The minimum atomic E-state index is -4.41. The quantitative estimate of drug-likeness (QED) is 0.821. The second-order valence-corrected chi connectivity index (χ2v) is 5.73. The Morgan fingerprint density at radius 3 is 2.81 bits per heavy atom. The first-order valence-electron chi connectivity index (χ1n) is 7.33. The van der Waals surface area contributed by atoms with Gasteiger partial charge in [-0.05, 0) is 12.3 Å². The van der Waals surface area contributed by atoms with Gasteiger partial charge in [0, 0.05) is 45.0 Å². The molecular weight excluding hydrogens is 283 g/mol. The molecule has 0 saturated carbocycles. The van der Waals surface area contributed by atoms with Gasteiger partial charge in [-0.3, -0.25) is 0 Å². The van der Waals surface area contributed by atoms with Crippen molar-refractivity contribution in [2.24, 2.45) is 5.92 Å². The van der Waals surface area contributed by atoms with E-state index in [4.69, 9.17) is 4.74 Å². The van der Waals surface area contributed by atoms with E-state index in [1.165, 1.54) is 4.57 Å². The largest absolute Gasteiger partial charge is 0.449 e. The maximum absolute atomic E-state index is 13.1. The van der Waals surface area contributed by atoms with Crippen LogP contribution in [0.25, 0.3) is 0 Å². The number of alkyl halides is 3. The number of nitrogens with zero attached hydrogens (tertiary/aromatic N) is 2. The van der Waals surface area contributed by atoms with Crippen molar-refractivity contribution in [1.82, 2.24) is 14.9 Å². The Labute approximate surface area is 122 Å². The monoisotopic (exact) mass is 305 g/mol. The Morgan fingerprint density at radius 2 is 2.14 bits per heavy atom. The van der Waals surface area contributed by atoms with Crippen molar-refractivity contribution in [2.45, 2.75) is 46.0 Å². The molecule has 0 aliphatic carbocycles. The molecule has 120 valence electrons. The maximum Gasteiger partial charge on any atom is 0.449 e. The van der Waals surface area contributed by atoms with E-state index in [1.54, 1.807) is 0 Å². The van der Waals surface area contributed by atoms with Crippen molar-refractivity contribution in [1.29, 1.82) is 0 Å². The van der Waals surface area contributed by atoms with E-state index in [-0.39, 0.29) is 0 Å². The molecule has 0 unspecified atom stereocenters. The number of aromatic nitrogens is 2. The minimum absolute atomic E-state index is 0.301. The molecule has 0 radical (unpaired) electrons. The molecule has 0 bridgehead atoms. The predicted octanol–water partition coefficient (Wildman–Crippen LogP) is 2.61. The van der Waals surface area contributed by atoms with Crippen LogP contribution < -0.4 is 5.32 Å². The van der Waals surface area contributed by atoms with Crippen LogP contribution in [0.2, 0.25) is 0 Å². The Hall–Kier alpha value is -1.08. The third-order valence-electron chi connectivity index (χ3n) is 3.36. The Balaban J connectivity index is 2.04. The van der Waals surface area contributed by atoms with Crippen molar-refractivity contribution in [3.63, 3.8) is 0 Å². The fourth-order valence-electron chi connectivity index (χ4n) is 2.47. The van der Waals surface area contributed by atoms with E-state index >= 15 is 0 Å². The summed E-state index contributed by atoms with van der Waals surface area (Å²) in [5, 5.41) is 3.05. The summed E-state index contributed by atoms with van der Waals surface area (Å²) < 4.78 is 46.0. The summed E-state index contributed by atoms with van der Waals surface area (Å²) in [6, 6.07) is 0. The summed E-state index contributed by atoms with van der Waals surface area (Å²) in [5.74, 6) is -0.345. The molecule has 1 N–H and O–H groups in total. The van der Waals surface area contributed by atoms with Gasteiger partial charge in [-0.25, -0.2) is 4.98 Å². The van der Waals surface area contributed by atoms with E-state index in [9.17, 15) is 13.2 Å². The summed E-state index contributed by atoms with van der Waals surface area (Å²) in [7, 11) is 0. The van der Waals surface area contributed by atoms with Gasteiger partial charge in [0.15, 0.2) is 0 Å². The predicted molar refractivity (Wildman–Crippen MR) is 72.9 cm³/mol. The lowest BCUT2D eigenvalue weighted by Crippen LogP contribution is -2.25. The fraction of sp³-hybridized carbons (Fsp3) is 0.786. The third-order valence-corrected chi connectivity index (χ3v) is 3.36. The van der Waals surface area contributed by atoms with Gasteiger partial charge in [0.05, 0.1) is 5.69 Å². The lowest BCUT2D eigenvalue weighted by atomic mass is 10.2. The minimum Gasteiger partial charge on any atom is -0.381 e. The van der Waals surface area contributed by atoms with Crippen LogP contribution in [0, 0.1) is 5.92 Å². The smallest absolute Gasteiger partial charge is 0.381 e. The van der Waals surface area contributed by atoms with Crippen molar-refractivity contribution < 1.29 is 17.9 Å². The van der Waals surface area contributed by atoms with Crippen LogP contribution >= 0.6 is 0 Å². The fourth-order valence-corrected chi connectivity index (χ4v) is 2.47. The zero-order valence-corrected chi connectivity index (χ0v) is 12.5. The van der Waals surface area contributed by atoms with E-state index in [0.717, 1.165) is 0 Å². The zero-order valence-electron chi connectivity index (χ0n) is 12.5. The molecule has 0 saturated heterocycles. The molecule has 1 aromatic heterocycles. The van der Waals surface area contributed by atoms with Gasteiger partial charge in [-0.1, -0.05) is 13.8 Å². The van der Waals surface area contributed by atoms with Crippen LogP contribution in [0.3, 0.4) is 0 Å². The normalized spacial score (nSPS) is 15.5. The number of rotatable bonds is 6. The molecule has 4 nitrogen and oxygen atoms in total. The summed E-state index contributed by atoms with van der Waals surface area (Å²) in [4.78, 5) is 3.78. The van der Waals surface area contributed by atoms with Crippen LogP contribution in [-0.4, -0.2) is 29.3 Å². The van der Waals surface area contributed by atoms with Crippen molar-refractivity contribution >= 4 is 0 Å². The van der Waals surface area contributed by atoms with Crippen molar-refractivity contribution in [3.05, 3.63) is 17.2 Å². The zero-order chi connectivity index (χ0) is 15.5. The topological polar surface area (TPSA) is 39.1 Å². The van der Waals surface area contributed by atoms with Gasteiger partial charge < -0.3 is 14.6 Å². The first kappa shape index (κ1) is 16.3. The number of imidazole rings is 1. The highest BCUT2D eigenvalue weighted by Gasteiger charge is 2.38. The lowest BCUT2D eigenvalue weighted by Gasteiger charge is -2.17. The number of nitrogens with one attached hydrogen (secondary N) is 1. The summed E-state index contributed by atoms with van der Waals surface area (Å²) >= 11 is 0. The van der Waals surface area contributed by atoms with Gasteiger partial charge in [-0.2, -0.15) is 13.2 Å². The SMILES string of the molecule is CC(C)COCCCn1c(C(F)(F)F)nc2c1CCNC2. The second kappa shape index (κ2) is 6.79. The van der Waals surface area contributed by atoms with E-state index in [1.807, 2.05) is 13.8 Å². The highest BCUT2D eigenvalue weighted by atomic mass is 19.4. The van der Waals surface area contributed by atoms with Gasteiger partial charge >= 0.3 is 6.18 Å². The van der Waals surface area contributed by atoms with E-state index in [2.05, 4.69) is 10.3 Å². The number of ether oxygens (including phenoxy) is 1. The summed E-state index contributed by atoms with van der Waals surface area (Å²) in [5.41, 5.74) is 1.24. The summed E-state index contributed by atoms with van der Waals surface area (Å²) in [6.07, 6.45) is -3.26. The Kier molecular flexibility index (Phi) is 5.27. The number of fused-ring (bicyclic) bond motifs is 1. The lowest BCUT2D eigenvalue weighted by molar-refractivity contribution is -0.147. The standard InChI is InChI=1S/C14H22F3N3O/c1-10(2)9-21-7-3-6-20-12-4-5-18-8-11(12)19-13(20)14(15,16)17/h10,18H,3-9H2,1-2H3. The molecule has 0 aromatic carbocycles. The molecule has 0 fully saturated rings. The number of hydrogen-bond acceptors (Lipinski definition) is 3. The Morgan fingerprint density at radius 1 is 1.38 bits per heavy atom. The van der Waals surface area contributed by atoms with Crippen molar-refractivity contribution in [2.75, 3.05) is 19.8 Å². The molecule has 21 heavy (non-hydrogen) atoms. The first-order chi connectivity index (χ1) is 9.89. The molecule has 2 heterocycles. The molecule has 0 spiro atoms. The molecule has 7 heteroatoms. The Bertz CT molecular complexity index is 469. The van der Waals surface area contributed by atoms with Gasteiger partial charge in [-0.15, -0.1) is 0 Å². The highest BCUT2D eigenvalue weighted by molar-refractivity contribution is 5.21.